The molecule has 1 saturated heterocycles. The molecule has 2 aliphatic rings. The molecule has 1 N–H and O–H groups in total. The van der Waals surface area contributed by atoms with Crippen molar-refractivity contribution in [3.63, 3.8) is 0 Å². The van der Waals surface area contributed by atoms with Crippen LogP contribution < -0.4 is 5.32 Å². The molecule has 2 aromatic carbocycles. The van der Waals surface area contributed by atoms with E-state index in [1.165, 1.54) is 5.56 Å². The zero-order valence-corrected chi connectivity index (χ0v) is 14.6. The Morgan fingerprint density at radius 3 is 2.50 bits per heavy atom. The van der Waals surface area contributed by atoms with Crippen molar-refractivity contribution in [1.82, 2.24) is 10.2 Å². The van der Waals surface area contributed by atoms with Gasteiger partial charge in [-0.05, 0) is 30.9 Å². The number of amides is 3. The molecule has 0 bridgehead atoms. The Balaban J connectivity index is 1.55. The summed E-state index contributed by atoms with van der Waals surface area (Å²) in [5.74, 6) is -0.528. The first-order valence-corrected chi connectivity index (χ1v) is 8.79. The number of urea groups is 1. The lowest BCUT2D eigenvalue weighted by Gasteiger charge is -2.32. The van der Waals surface area contributed by atoms with Gasteiger partial charge in [-0.25, -0.2) is 4.79 Å². The first-order chi connectivity index (χ1) is 12.5. The number of fused-ring (bicyclic) bond motifs is 1. The third-order valence-corrected chi connectivity index (χ3v) is 5.35. The number of ketones is 1. The smallest absolute Gasteiger partial charge is 0.323 e. The van der Waals surface area contributed by atoms with Crippen molar-refractivity contribution in [2.45, 2.75) is 31.7 Å². The van der Waals surface area contributed by atoms with E-state index in [0.29, 0.717) is 18.4 Å². The molecule has 1 heterocycles. The monoisotopic (exact) mass is 348 g/mol. The van der Waals surface area contributed by atoms with Crippen LogP contribution in [0.15, 0.2) is 48.5 Å². The topological polar surface area (TPSA) is 66.5 Å². The number of nitrogens with one attached hydrogen (secondary N) is 1. The number of rotatable bonds is 3. The quantitative estimate of drug-likeness (QED) is 0.685. The van der Waals surface area contributed by atoms with Crippen molar-refractivity contribution >= 4 is 17.7 Å². The van der Waals surface area contributed by atoms with Crippen LogP contribution in [-0.2, 0) is 17.6 Å². The predicted octanol–water partition coefficient (Wildman–Crippen LogP) is 2.66. The average molecular weight is 348 g/mol. The minimum absolute atomic E-state index is 0.225. The lowest BCUT2D eigenvalue weighted by molar-refractivity contribution is -0.131. The number of carbonyl (C=O) groups excluding carboxylic acids is 3. The van der Waals surface area contributed by atoms with Gasteiger partial charge in [0.1, 0.15) is 5.54 Å². The Kier molecular flexibility index (Phi) is 3.87. The second kappa shape index (κ2) is 6.09. The lowest BCUT2D eigenvalue weighted by atomic mass is 9.78. The molecule has 26 heavy (non-hydrogen) atoms. The summed E-state index contributed by atoms with van der Waals surface area (Å²) in [7, 11) is 0. The Morgan fingerprint density at radius 1 is 1.08 bits per heavy atom. The Hall–Kier alpha value is -2.95. The number of aryl methyl sites for hydroxylation is 2. The molecule has 1 unspecified atom stereocenters. The predicted molar refractivity (Wildman–Crippen MR) is 97.0 cm³/mol. The fourth-order valence-corrected chi connectivity index (χ4v) is 3.82. The molecule has 0 radical (unpaired) electrons. The highest BCUT2D eigenvalue weighted by molar-refractivity contribution is 6.11. The fourth-order valence-electron chi connectivity index (χ4n) is 3.82. The molecule has 5 heteroatoms. The van der Waals surface area contributed by atoms with Gasteiger partial charge in [0.2, 0.25) is 0 Å². The summed E-state index contributed by atoms with van der Waals surface area (Å²) in [6, 6.07) is 14.6. The van der Waals surface area contributed by atoms with E-state index in [-0.39, 0.29) is 18.2 Å². The molecule has 0 saturated carbocycles. The molecule has 1 fully saturated rings. The highest BCUT2D eigenvalue weighted by Gasteiger charge is 2.52. The van der Waals surface area contributed by atoms with E-state index < -0.39 is 11.6 Å². The number of carbonyl (C=O) groups is 3. The van der Waals surface area contributed by atoms with Gasteiger partial charge in [-0.3, -0.25) is 14.5 Å². The van der Waals surface area contributed by atoms with E-state index in [9.17, 15) is 14.4 Å². The Morgan fingerprint density at radius 2 is 1.77 bits per heavy atom. The highest BCUT2D eigenvalue weighted by atomic mass is 16.2. The molecular weight excluding hydrogens is 328 g/mol. The fraction of sp³-hybridized carbons (Fsp3) is 0.286. The van der Waals surface area contributed by atoms with E-state index in [1.54, 1.807) is 12.1 Å². The molecule has 1 spiro atoms. The molecule has 1 atom stereocenters. The van der Waals surface area contributed by atoms with Crippen molar-refractivity contribution in [3.05, 3.63) is 70.8 Å². The summed E-state index contributed by atoms with van der Waals surface area (Å²) in [5.41, 5.74) is 2.94. The van der Waals surface area contributed by atoms with Gasteiger partial charge in [0, 0.05) is 12.0 Å². The number of imide groups is 1. The van der Waals surface area contributed by atoms with Crippen molar-refractivity contribution in [1.29, 1.82) is 0 Å². The number of nitrogens with zero attached hydrogens (tertiary/aromatic N) is 1. The number of Topliss-reactive ketones (excluding diaryl/α,β-unsaturated/α-hetero) is 1. The number of hydrogen-bond acceptors (Lipinski definition) is 3. The van der Waals surface area contributed by atoms with Crippen molar-refractivity contribution < 1.29 is 14.4 Å². The molecule has 3 amide bonds. The normalized spacial score (nSPS) is 21.7. The van der Waals surface area contributed by atoms with E-state index >= 15 is 0 Å². The minimum Gasteiger partial charge on any atom is -0.323 e. The highest BCUT2D eigenvalue weighted by Crippen LogP contribution is 2.33. The summed E-state index contributed by atoms with van der Waals surface area (Å²) >= 11 is 0. The van der Waals surface area contributed by atoms with E-state index in [1.807, 2.05) is 37.3 Å². The van der Waals surface area contributed by atoms with E-state index in [4.69, 9.17) is 0 Å². The maximum absolute atomic E-state index is 13.0. The second-order valence-corrected chi connectivity index (χ2v) is 7.14. The Bertz CT molecular complexity index is 904. The molecule has 2 aromatic rings. The summed E-state index contributed by atoms with van der Waals surface area (Å²) in [6.45, 7) is 1.72. The van der Waals surface area contributed by atoms with Crippen LogP contribution in [0.5, 0.6) is 0 Å². The molecule has 132 valence electrons. The third-order valence-electron chi connectivity index (χ3n) is 5.35. The standard InChI is InChI=1S/C21H20N2O3/c1-14-6-8-16(9-7-14)18(24)13-23-19(25)21(22-20(23)26)11-10-15-4-2-3-5-17(15)12-21/h2-9H,10-13H2,1H3,(H,22,26). The zero-order valence-electron chi connectivity index (χ0n) is 14.6. The van der Waals surface area contributed by atoms with Gasteiger partial charge in [-0.1, -0.05) is 54.1 Å². The van der Waals surface area contributed by atoms with Crippen LogP contribution in [0.3, 0.4) is 0 Å². The summed E-state index contributed by atoms with van der Waals surface area (Å²) in [5, 5.41) is 2.86. The molecule has 0 aromatic heterocycles. The molecular formula is C21H20N2O3. The average Bonchev–Trinajstić information content (AvgIpc) is 2.86. The first-order valence-electron chi connectivity index (χ1n) is 8.79. The maximum atomic E-state index is 13.0. The van der Waals surface area contributed by atoms with Crippen LogP contribution in [-0.4, -0.2) is 34.7 Å². The van der Waals surface area contributed by atoms with Gasteiger partial charge in [0.25, 0.3) is 5.91 Å². The SMILES string of the molecule is Cc1ccc(C(=O)CN2C(=O)NC3(CCc4ccccc4C3)C2=O)cc1. The minimum atomic E-state index is -0.918. The van der Waals surface area contributed by atoms with Crippen LogP contribution in [0, 0.1) is 6.92 Å². The van der Waals surface area contributed by atoms with Gasteiger partial charge < -0.3 is 5.32 Å². The Labute approximate surface area is 152 Å². The van der Waals surface area contributed by atoms with Gasteiger partial charge in [-0.2, -0.15) is 0 Å². The molecule has 1 aliphatic carbocycles. The van der Waals surface area contributed by atoms with Crippen molar-refractivity contribution in [2.75, 3.05) is 6.54 Å². The van der Waals surface area contributed by atoms with Crippen LogP contribution in [0.1, 0.15) is 33.5 Å². The second-order valence-electron chi connectivity index (χ2n) is 7.14. The van der Waals surface area contributed by atoms with E-state index in [0.717, 1.165) is 22.4 Å². The van der Waals surface area contributed by atoms with Crippen LogP contribution >= 0.6 is 0 Å². The summed E-state index contributed by atoms with van der Waals surface area (Å²) < 4.78 is 0. The van der Waals surface area contributed by atoms with Crippen LogP contribution in [0.25, 0.3) is 0 Å². The summed E-state index contributed by atoms with van der Waals surface area (Å²) in [6.07, 6.45) is 1.77. The lowest BCUT2D eigenvalue weighted by Crippen LogP contribution is -2.51. The largest absolute Gasteiger partial charge is 0.325 e. The number of hydrogen-bond donors (Lipinski definition) is 1. The van der Waals surface area contributed by atoms with Gasteiger partial charge in [0.05, 0.1) is 6.54 Å². The molecule has 1 aliphatic heterocycles. The van der Waals surface area contributed by atoms with Crippen LogP contribution in [0.2, 0.25) is 0 Å². The van der Waals surface area contributed by atoms with Gasteiger partial charge in [-0.15, -0.1) is 0 Å². The molecule has 5 nitrogen and oxygen atoms in total. The van der Waals surface area contributed by atoms with E-state index in [2.05, 4.69) is 11.4 Å². The number of benzene rings is 2. The first kappa shape index (κ1) is 16.5. The van der Waals surface area contributed by atoms with Gasteiger partial charge >= 0.3 is 6.03 Å². The van der Waals surface area contributed by atoms with Crippen molar-refractivity contribution in [3.8, 4) is 0 Å². The zero-order chi connectivity index (χ0) is 18.3. The molecule has 4 rings (SSSR count). The van der Waals surface area contributed by atoms with Crippen molar-refractivity contribution in [2.24, 2.45) is 0 Å². The maximum Gasteiger partial charge on any atom is 0.325 e. The van der Waals surface area contributed by atoms with Gasteiger partial charge in [0.15, 0.2) is 5.78 Å². The third kappa shape index (κ3) is 2.69. The summed E-state index contributed by atoms with van der Waals surface area (Å²) in [4.78, 5) is 39.0. The van der Waals surface area contributed by atoms with Crippen LogP contribution in [0.4, 0.5) is 4.79 Å².